The molecule has 1 nitrogen and oxygen atoms in total. The van der Waals surface area contributed by atoms with Crippen molar-refractivity contribution in [3.63, 3.8) is 0 Å². The Morgan fingerprint density at radius 2 is 1.67 bits per heavy atom. The quantitative estimate of drug-likeness (QED) is 0.874. The Balaban J connectivity index is 1.96. The van der Waals surface area contributed by atoms with Crippen molar-refractivity contribution in [3.05, 3.63) is 70.5 Å². The monoisotopic (exact) mass is 293 g/mol. The molecule has 0 fully saturated rings. The van der Waals surface area contributed by atoms with Crippen LogP contribution in [0.2, 0.25) is 0 Å². The second kappa shape index (κ2) is 6.76. The summed E-state index contributed by atoms with van der Waals surface area (Å²) in [5.41, 5.74) is 1.62. The summed E-state index contributed by atoms with van der Waals surface area (Å²) in [6.07, 6.45) is 0.263. The molecule has 2 aromatic rings. The molecule has 0 spiro atoms. The molecule has 4 heteroatoms. The number of hydrogen-bond donors (Lipinski definition) is 1. The molecule has 0 saturated carbocycles. The van der Waals surface area contributed by atoms with E-state index in [1.54, 1.807) is 19.1 Å². The molecular weight excluding hydrogens is 275 g/mol. The maximum absolute atomic E-state index is 13.6. The van der Waals surface area contributed by atoms with Crippen LogP contribution in [0.25, 0.3) is 0 Å². The van der Waals surface area contributed by atoms with E-state index in [9.17, 15) is 13.2 Å². The van der Waals surface area contributed by atoms with Crippen molar-refractivity contribution in [1.82, 2.24) is 5.32 Å². The van der Waals surface area contributed by atoms with Crippen molar-refractivity contribution >= 4 is 0 Å². The standard InChI is InChI=1S/C17H18F3N/c1-11-8-13(6-7-15(11)18)10-21-12(2)9-14-16(19)4-3-5-17(14)20/h3-8,12,21H,9-10H2,1-2H3. The lowest BCUT2D eigenvalue weighted by molar-refractivity contribution is 0.499. The van der Waals surface area contributed by atoms with Crippen molar-refractivity contribution in [3.8, 4) is 0 Å². The minimum atomic E-state index is -0.527. The molecular formula is C17H18F3N. The van der Waals surface area contributed by atoms with E-state index in [0.717, 1.165) is 5.56 Å². The Hall–Kier alpha value is -1.81. The Morgan fingerprint density at radius 3 is 2.29 bits per heavy atom. The fraction of sp³-hybridized carbons (Fsp3) is 0.294. The number of rotatable bonds is 5. The Bertz CT molecular complexity index is 605. The normalized spacial score (nSPS) is 12.4. The molecule has 112 valence electrons. The van der Waals surface area contributed by atoms with Gasteiger partial charge in [-0.3, -0.25) is 0 Å². The summed E-state index contributed by atoms with van der Waals surface area (Å²) in [5.74, 6) is -1.29. The highest BCUT2D eigenvalue weighted by Gasteiger charge is 2.12. The van der Waals surface area contributed by atoms with Crippen molar-refractivity contribution in [2.45, 2.75) is 32.9 Å². The number of nitrogens with one attached hydrogen (secondary N) is 1. The molecule has 0 saturated heterocycles. The van der Waals surface area contributed by atoms with E-state index < -0.39 is 11.6 Å². The van der Waals surface area contributed by atoms with Crippen LogP contribution in [0, 0.1) is 24.4 Å². The average Bonchev–Trinajstić information content (AvgIpc) is 2.44. The molecule has 21 heavy (non-hydrogen) atoms. The van der Waals surface area contributed by atoms with Crippen LogP contribution in [-0.4, -0.2) is 6.04 Å². The van der Waals surface area contributed by atoms with E-state index in [1.165, 1.54) is 24.3 Å². The highest BCUT2D eigenvalue weighted by atomic mass is 19.1. The fourth-order valence-electron chi connectivity index (χ4n) is 2.21. The van der Waals surface area contributed by atoms with Crippen LogP contribution in [0.15, 0.2) is 36.4 Å². The van der Waals surface area contributed by atoms with Gasteiger partial charge in [-0.2, -0.15) is 0 Å². The SMILES string of the molecule is Cc1cc(CNC(C)Cc2c(F)cccc2F)ccc1F. The summed E-state index contributed by atoms with van der Waals surface area (Å²) >= 11 is 0. The van der Waals surface area contributed by atoms with Gasteiger partial charge in [0.05, 0.1) is 0 Å². The molecule has 1 N–H and O–H groups in total. The molecule has 0 aliphatic heterocycles. The summed E-state index contributed by atoms with van der Waals surface area (Å²) in [6.45, 7) is 4.09. The lowest BCUT2D eigenvalue weighted by Gasteiger charge is -2.15. The van der Waals surface area contributed by atoms with Crippen molar-refractivity contribution in [1.29, 1.82) is 0 Å². The van der Waals surface area contributed by atoms with E-state index in [1.807, 2.05) is 6.92 Å². The molecule has 0 aromatic heterocycles. The first-order chi connectivity index (χ1) is 9.97. The van der Waals surface area contributed by atoms with Gasteiger partial charge in [0.1, 0.15) is 17.5 Å². The number of benzene rings is 2. The molecule has 1 atom stereocenters. The zero-order valence-corrected chi connectivity index (χ0v) is 12.1. The van der Waals surface area contributed by atoms with Gasteiger partial charge < -0.3 is 5.32 Å². The van der Waals surface area contributed by atoms with Gasteiger partial charge in [-0.1, -0.05) is 18.2 Å². The van der Waals surface area contributed by atoms with Gasteiger partial charge >= 0.3 is 0 Å². The van der Waals surface area contributed by atoms with Crippen molar-refractivity contribution in [2.75, 3.05) is 0 Å². The molecule has 2 aromatic carbocycles. The number of halogens is 3. The van der Waals surface area contributed by atoms with Gasteiger partial charge in [0.15, 0.2) is 0 Å². The molecule has 0 aliphatic carbocycles. The third-order valence-electron chi connectivity index (χ3n) is 3.45. The van der Waals surface area contributed by atoms with E-state index in [-0.39, 0.29) is 23.8 Å². The van der Waals surface area contributed by atoms with E-state index in [2.05, 4.69) is 5.32 Å². The van der Waals surface area contributed by atoms with Gasteiger partial charge in [0, 0.05) is 18.2 Å². The van der Waals surface area contributed by atoms with Crippen LogP contribution >= 0.6 is 0 Å². The summed E-state index contributed by atoms with van der Waals surface area (Å²) in [6, 6.07) is 8.66. The first-order valence-corrected chi connectivity index (χ1v) is 6.88. The predicted molar refractivity (Wildman–Crippen MR) is 77.5 cm³/mol. The minimum absolute atomic E-state index is 0.0905. The smallest absolute Gasteiger partial charge is 0.129 e. The maximum Gasteiger partial charge on any atom is 0.129 e. The minimum Gasteiger partial charge on any atom is -0.310 e. The number of hydrogen-bond acceptors (Lipinski definition) is 1. The van der Waals surface area contributed by atoms with Crippen LogP contribution < -0.4 is 5.32 Å². The predicted octanol–water partition coefficient (Wildman–Crippen LogP) is 4.13. The topological polar surface area (TPSA) is 12.0 Å². The summed E-state index contributed by atoms with van der Waals surface area (Å²) < 4.78 is 40.3. The van der Waals surface area contributed by atoms with Crippen LogP contribution in [0.4, 0.5) is 13.2 Å². The summed E-state index contributed by atoms with van der Waals surface area (Å²) in [4.78, 5) is 0. The Labute approximate surface area is 122 Å². The molecule has 2 rings (SSSR count). The van der Waals surface area contributed by atoms with Gasteiger partial charge in [0.2, 0.25) is 0 Å². The molecule has 0 bridgehead atoms. The zero-order valence-electron chi connectivity index (χ0n) is 12.1. The first-order valence-electron chi connectivity index (χ1n) is 6.88. The van der Waals surface area contributed by atoms with Crippen molar-refractivity contribution < 1.29 is 13.2 Å². The third kappa shape index (κ3) is 4.08. The zero-order chi connectivity index (χ0) is 15.4. The molecule has 0 heterocycles. The van der Waals surface area contributed by atoms with Crippen LogP contribution in [-0.2, 0) is 13.0 Å². The Kier molecular flexibility index (Phi) is 5.02. The largest absolute Gasteiger partial charge is 0.310 e. The highest BCUT2D eigenvalue weighted by molar-refractivity contribution is 5.24. The molecule has 1 unspecified atom stereocenters. The van der Waals surface area contributed by atoms with Crippen LogP contribution in [0.5, 0.6) is 0 Å². The van der Waals surface area contributed by atoms with E-state index in [4.69, 9.17) is 0 Å². The van der Waals surface area contributed by atoms with Gasteiger partial charge in [0.25, 0.3) is 0 Å². The first kappa shape index (κ1) is 15.6. The maximum atomic E-state index is 13.6. The molecule has 0 amide bonds. The number of aryl methyl sites for hydroxylation is 1. The van der Waals surface area contributed by atoms with E-state index >= 15 is 0 Å². The van der Waals surface area contributed by atoms with Crippen LogP contribution in [0.1, 0.15) is 23.6 Å². The summed E-state index contributed by atoms with van der Waals surface area (Å²) in [7, 11) is 0. The van der Waals surface area contributed by atoms with Crippen LogP contribution in [0.3, 0.4) is 0 Å². The highest BCUT2D eigenvalue weighted by Crippen LogP contribution is 2.15. The summed E-state index contributed by atoms with van der Waals surface area (Å²) in [5, 5.41) is 3.19. The lowest BCUT2D eigenvalue weighted by atomic mass is 10.1. The van der Waals surface area contributed by atoms with Crippen molar-refractivity contribution in [2.24, 2.45) is 0 Å². The lowest BCUT2D eigenvalue weighted by Crippen LogP contribution is -2.28. The molecule has 0 radical (unpaired) electrons. The second-order valence-electron chi connectivity index (χ2n) is 5.27. The van der Waals surface area contributed by atoms with Gasteiger partial charge in [-0.25, -0.2) is 13.2 Å². The molecule has 0 aliphatic rings. The average molecular weight is 293 g/mol. The van der Waals surface area contributed by atoms with Gasteiger partial charge in [-0.15, -0.1) is 0 Å². The fourth-order valence-corrected chi connectivity index (χ4v) is 2.21. The third-order valence-corrected chi connectivity index (χ3v) is 3.45. The van der Waals surface area contributed by atoms with E-state index in [0.29, 0.717) is 12.1 Å². The second-order valence-corrected chi connectivity index (χ2v) is 5.27. The van der Waals surface area contributed by atoms with Gasteiger partial charge in [-0.05, 0) is 49.6 Å². The Morgan fingerprint density at radius 1 is 1.00 bits per heavy atom.